The first kappa shape index (κ1) is 17.1. The van der Waals surface area contributed by atoms with E-state index in [0.717, 1.165) is 49.7 Å². The molecular weight excluding hydrogens is 324 g/mol. The van der Waals surface area contributed by atoms with Crippen LogP contribution in [0.5, 0.6) is 0 Å². The van der Waals surface area contributed by atoms with E-state index in [1.807, 2.05) is 35.5 Å². The molecule has 1 fully saturated rings. The van der Waals surface area contributed by atoms with Crippen molar-refractivity contribution in [3.8, 4) is 0 Å². The van der Waals surface area contributed by atoms with Crippen LogP contribution < -0.4 is 0 Å². The molecule has 0 atom stereocenters. The summed E-state index contributed by atoms with van der Waals surface area (Å²) >= 11 is 1.51. The number of hydrogen-bond acceptors (Lipinski definition) is 5. The summed E-state index contributed by atoms with van der Waals surface area (Å²) in [6, 6.07) is 3.82. The van der Waals surface area contributed by atoms with Gasteiger partial charge < -0.3 is 10.0 Å². The predicted molar refractivity (Wildman–Crippen MR) is 94.2 cm³/mol. The lowest BCUT2D eigenvalue weighted by Crippen LogP contribution is -2.34. The molecule has 2 aromatic rings. The largest absolute Gasteiger partial charge is 0.394 e. The number of aliphatic hydroxyl groups excluding tert-OH is 1. The summed E-state index contributed by atoms with van der Waals surface area (Å²) in [6.45, 7) is 6.93. The number of rotatable bonds is 5. The van der Waals surface area contributed by atoms with E-state index in [9.17, 15) is 4.79 Å². The highest BCUT2D eigenvalue weighted by Gasteiger charge is 2.21. The number of aliphatic hydroxyl groups is 1. The van der Waals surface area contributed by atoms with Crippen LogP contribution in [0.25, 0.3) is 0 Å². The minimum absolute atomic E-state index is 0.101. The fourth-order valence-electron chi connectivity index (χ4n) is 3.06. The van der Waals surface area contributed by atoms with Gasteiger partial charge in [0.1, 0.15) is 0 Å². The Hall–Kier alpha value is -1.70. The summed E-state index contributed by atoms with van der Waals surface area (Å²) in [4.78, 5) is 17.7. The van der Waals surface area contributed by atoms with Gasteiger partial charge in [-0.2, -0.15) is 5.10 Å². The summed E-state index contributed by atoms with van der Waals surface area (Å²) in [5.41, 5.74) is 2.21. The zero-order chi connectivity index (χ0) is 16.9. The van der Waals surface area contributed by atoms with Gasteiger partial charge >= 0.3 is 0 Å². The molecule has 1 N–H and O–H groups in total. The summed E-state index contributed by atoms with van der Waals surface area (Å²) in [6.07, 6.45) is 3.01. The van der Waals surface area contributed by atoms with E-state index in [2.05, 4.69) is 10.00 Å². The van der Waals surface area contributed by atoms with E-state index in [4.69, 9.17) is 5.11 Å². The third kappa shape index (κ3) is 4.03. The third-order valence-corrected chi connectivity index (χ3v) is 5.24. The van der Waals surface area contributed by atoms with Crippen LogP contribution in [0.4, 0.5) is 0 Å². The molecule has 0 aliphatic carbocycles. The number of aromatic nitrogens is 2. The molecular formula is C17H24N4O2S. The fraction of sp³-hybridized carbons (Fsp3) is 0.529. The Morgan fingerprint density at radius 3 is 2.96 bits per heavy atom. The van der Waals surface area contributed by atoms with Gasteiger partial charge in [0, 0.05) is 44.5 Å². The molecule has 1 amide bonds. The van der Waals surface area contributed by atoms with Crippen molar-refractivity contribution in [1.29, 1.82) is 0 Å². The zero-order valence-corrected chi connectivity index (χ0v) is 14.8. The van der Waals surface area contributed by atoms with Crippen molar-refractivity contribution < 1.29 is 9.90 Å². The van der Waals surface area contributed by atoms with Gasteiger partial charge in [0.2, 0.25) is 0 Å². The van der Waals surface area contributed by atoms with E-state index in [0.29, 0.717) is 6.54 Å². The van der Waals surface area contributed by atoms with Crippen molar-refractivity contribution >= 4 is 17.2 Å². The lowest BCUT2D eigenvalue weighted by atomic mass is 10.2. The molecule has 6 nitrogen and oxygen atoms in total. The first-order valence-electron chi connectivity index (χ1n) is 8.36. The van der Waals surface area contributed by atoms with Gasteiger partial charge in [-0.05, 0) is 24.8 Å². The Morgan fingerprint density at radius 1 is 1.33 bits per heavy atom. The molecule has 3 heterocycles. The van der Waals surface area contributed by atoms with E-state index in [1.165, 1.54) is 16.9 Å². The Morgan fingerprint density at radius 2 is 2.21 bits per heavy atom. The van der Waals surface area contributed by atoms with E-state index < -0.39 is 0 Å². The van der Waals surface area contributed by atoms with Crippen molar-refractivity contribution in [1.82, 2.24) is 19.6 Å². The van der Waals surface area contributed by atoms with Crippen LogP contribution in [0, 0.1) is 6.92 Å². The highest BCUT2D eigenvalue weighted by Crippen LogP contribution is 2.16. The zero-order valence-electron chi connectivity index (χ0n) is 14.0. The molecule has 2 aromatic heterocycles. The summed E-state index contributed by atoms with van der Waals surface area (Å²) < 4.78 is 1.80. The molecule has 0 aromatic carbocycles. The SMILES string of the molecule is Cc1nn(CCO)cc1CN1CCCN(C(=O)c2cccs2)CC1. The predicted octanol–water partition coefficient (Wildman–Crippen LogP) is 1.59. The van der Waals surface area contributed by atoms with Gasteiger partial charge in [0.25, 0.3) is 5.91 Å². The summed E-state index contributed by atoms with van der Waals surface area (Å²) in [5.74, 6) is 0.152. The molecule has 7 heteroatoms. The first-order valence-corrected chi connectivity index (χ1v) is 9.24. The molecule has 3 rings (SSSR count). The number of hydrogen-bond donors (Lipinski definition) is 1. The molecule has 1 aliphatic heterocycles. The maximum Gasteiger partial charge on any atom is 0.263 e. The van der Waals surface area contributed by atoms with Crippen molar-refractivity contribution in [2.24, 2.45) is 0 Å². The molecule has 0 bridgehead atoms. The highest BCUT2D eigenvalue weighted by molar-refractivity contribution is 7.12. The van der Waals surface area contributed by atoms with Gasteiger partial charge in [0.15, 0.2) is 0 Å². The molecule has 1 aliphatic rings. The first-order chi connectivity index (χ1) is 11.7. The lowest BCUT2D eigenvalue weighted by molar-refractivity contribution is 0.0766. The third-order valence-electron chi connectivity index (χ3n) is 4.38. The van der Waals surface area contributed by atoms with Crippen LogP contribution in [-0.4, -0.2) is 63.4 Å². The highest BCUT2D eigenvalue weighted by atomic mass is 32.1. The molecule has 24 heavy (non-hydrogen) atoms. The van der Waals surface area contributed by atoms with Crippen LogP contribution in [-0.2, 0) is 13.1 Å². The van der Waals surface area contributed by atoms with Crippen LogP contribution in [0.15, 0.2) is 23.7 Å². The summed E-state index contributed by atoms with van der Waals surface area (Å²) in [7, 11) is 0. The summed E-state index contributed by atoms with van der Waals surface area (Å²) in [5, 5.41) is 15.4. The number of nitrogens with zero attached hydrogens (tertiary/aromatic N) is 4. The maximum atomic E-state index is 12.5. The maximum absolute atomic E-state index is 12.5. The van der Waals surface area contributed by atoms with Gasteiger partial charge in [-0.25, -0.2) is 0 Å². The number of amides is 1. The molecule has 0 radical (unpaired) electrons. The topological polar surface area (TPSA) is 61.6 Å². The molecule has 1 saturated heterocycles. The molecule has 0 spiro atoms. The van der Waals surface area contributed by atoms with E-state index in [1.54, 1.807) is 4.68 Å². The van der Waals surface area contributed by atoms with Crippen molar-refractivity contribution in [2.75, 3.05) is 32.8 Å². The van der Waals surface area contributed by atoms with Crippen molar-refractivity contribution in [2.45, 2.75) is 26.4 Å². The molecule has 0 unspecified atom stereocenters. The van der Waals surface area contributed by atoms with E-state index >= 15 is 0 Å². The monoisotopic (exact) mass is 348 g/mol. The normalized spacial score (nSPS) is 16.3. The Bertz CT molecular complexity index is 668. The lowest BCUT2D eigenvalue weighted by Gasteiger charge is -2.21. The number of carbonyl (C=O) groups is 1. The molecule has 0 saturated carbocycles. The van der Waals surface area contributed by atoms with Crippen LogP contribution >= 0.6 is 11.3 Å². The molecule has 130 valence electrons. The second-order valence-corrected chi connectivity index (χ2v) is 7.07. The average molecular weight is 348 g/mol. The standard InChI is InChI=1S/C17H24N4O2S/c1-14-15(13-21(18-14)9-10-22)12-19-5-3-6-20(8-7-19)17(23)16-4-2-11-24-16/h2,4,11,13,22H,3,5-10,12H2,1H3. The smallest absolute Gasteiger partial charge is 0.263 e. The minimum atomic E-state index is 0.101. The van der Waals surface area contributed by atoms with Crippen molar-refractivity contribution in [3.63, 3.8) is 0 Å². The Labute approximate surface area is 146 Å². The van der Waals surface area contributed by atoms with Crippen LogP contribution in [0.1, 0.15) is 27.3 Å². The number of carbonyl (C=O) groups excluding carboxylic acids is 1. The van der Waals surface area contributed by atoms with Gasteiger partial charge in [-0.1, -0.05) is 6.07 Å². The van der Waals surface area contributed by atoms with E-state index in [-0.39, 0.29) is 12.5 Å². The Kier molecular flexibility index (Phi) is 5.65. The second-order valence-electron chi connectivity index (χ2n) is 6.13. The van der Waals surface area contributed by atoms with Gasteiger partial charge in [-0.3, -0.25) is 14.4 Å². The average Bonchev–Trinajstić information content (AvgIpc) is 3.14. The quantitative estimate of drug-likeness (QED) is 0.891. The van der Waals surface area contributed by atoms with Gasteiger partial charge in [0.05, 0.1) is 23.7 Å². The minimum Gasteiger partial charge on any atom is -0.394 e. The number of aryl methyl sites for hydroxylation is 1. The van der Waals surface area contributed by atoms with Crippen LogP contribution in [0.2, 0.25) is 0 Å². The Balaban J connectivity index is 1.58. The van der Waals surface area contributed by atoms with Crippen molar-refractivity contribution in [3.05, 3.63) is 39.8 Å². The van der Waals surface area contributed by atoms with Gasteiger partial charge in [-0.15, -0.1) is 11.3 Å². The fourth-order valence-corrected chi connectivity index (χ4v) is 3.75. The number of thiophene rings is 1. The second kappa shape index (κ2) is 7.92. The van der Waals surface area contributed by atoms with Crippen LogP contribution in [0.3, 0.4) is 0 Å².